The van der Waals surface area contributed by atoms with Gasteiger partial charge >= 0.3 is 0 Å². The summed E-state index contributed by atoms with van der Waals surface area (Å²) in [5.74, 6) is 0.517. The lowest BCUT2D eigenvalue weighted by Crippen LogP contribution is -2.39. The highest BCUT2D eigenvalue weighted by Gasteiger charge is 2.20. The first-order valence-corrected chi connectivity index (χ1v) is 9.15. The minimum Gasteiger partial charge on any atom is -0.494 e. The van der Waals surface area contributed by atoms with Crippen molar-refractivity contribution in [1.82, 2.24) is 4.90 Å². The number of benzene rings is 2. The molecule has 1 atom stereocenters. The summed E-state index contributed by atoms with van der Waals surface area (Å²) in [5, 5.41) is 13.7. The number of carbonyl (C=O) groups is 1. The molecule has 0 bridgehead atoms. The third kappa shape index (κ3) is 5.29. The second-order valence-corrected chi connectivity index (χ2v) is 7.12. The Bertz CT molecular complexity index is 834. The molecule has 0 aliphatic heterocycles. The molecule has 0 unspecified atom stereocenters. The first-order valence-electron chi connectivity index (χ1n) is 9.15. The van der Waals surface area contributed by atoms with Crippen molar-refractivity contribution in [3.63, 3.8) is 0 Å². The van der Waals surface area contributed by atoms with Gasteiger partial charge in [-0.25, -0.2) is 0 Å². The van der Waals surface area contributed by atoms with E-state index in [1.165, 1.54) is 30.9 Å². The van der Waals surface area contributed by atoms with Gasteiger partial charge in [0.1, 0.15) is 5.75 Å². The average Bonchev–Trinajstić information content (AvgIpc) is 2.67. The molecule has 7 nitrogen and oxygen atoms in total. The largest absolute Gasteiger partial charge is 0.494 e. The molecule has 0 aliphatic carbocycles. The summed E-state index contributed by atoms with van der Waals surface area (Å²) in [4.78, 5) is 25.0. The number of nitro benzene ring substituents is 1. The number of carbonyl (C=O) groups excluding carboxylic acids is 1. The summed E-state index contributed by atoms with van der Waals surface area (Å²) < 4.78 is 5.17. The van der Waals surface area contributed by atoms with E-state index in [0.717, 1.165) is 5.56 Å². The summed E-state index contributed by atoms with van der Waals surface area (Å²) in [5.41, 5.74) is 2.71. The van der Waals surface area contributed by atoms with Crippen LogP contribution in [0.5, 0.6) is 5.75 Å². The number of nitrogens with zero attached hydrogens (tertiary/aromatic N) is 2. The maximum atomic E-state index is 12.6. The Morgan fingerprint density at radius 2 is 1.82 bits per heavy atom. The summed E-state index contributed by atoms with van der Waals surface area (Å²) in [6.07, 6.45) is 0. The van der Waals surface area contributed by atoms with Crippen molar-refractivity contribution in [2.24, 2.45) is 0 Å². The van der Waals surface area contributed by atoms with Gasteiger partial charge < -0.3 is 10.1 Å². The van der Waals surface area contributed by atoms with Crippen molar-refractivity contribution in [3.8, 4) is 5.75 Å². The molecule has 0 saturated heterocycles. The Labute approximate surface area is 165 Å². The van der Waals surface area contributed by atoms with E-state index in [4.69, 9.17) is 4.74 Å². The molecular formula is C21H27N3O4. The number of nitro groups is 1. The van der Waals surface area contributed by atoms with Crippen LogP contribution in [0, 0.1) is 10.1 Å². The molecule has 2 aromatic rings. The Hall–Kier alpha value is -2.93. The van der Waals surface area contributed by atoms with E-state index in [1.54, 1.807) is 0 Å². The van der Waals surface area contributed by atoms with Crippen LogP contribution in [0.15, 0.2) is 42.5 Å². The van der Waals surface area contributed by atoms with Gasteiger partial charge in [-0.05, 0) is 37.1 Å². The molecule has 28 heavy (non-hydrogen) atoms. The van der Waals surface area contributed by atoms with E-state index in [9.17, 15) is 14.9 Å². The van der Waals surface area contributed by atoms with Crippen molar-refractivity contribution >= 4 is 17.3 Å². The van der Waals surface area contributed by atoms with Gasteiger partial charge in [-0.15, -0.1) is 0 Å². The number of ether oxygens (including phenoxy) is 1. The number of rotatable bonds is 8. The Morgan fingerprint density at radius 1 is 1.18 bits per heavy atom. The highest BCUT2D eigenvalue weighted by Crippen LogP contribution is 2.29. The fourth-order valence-electron chi connectivity index (χ4n) is 2.77. The topological polar surface area (TPSA) is 84.7 Å². The molecule has 0 radical (unpaired) electrons. The zero-order valence-corrected chi connectivity index (χ0v) is 16.9. The van der Waals surface area contributed by atoms with Gasteiger partial charge in [-0.1, -0.05) is 38.1 Å². The van der Waals surface area contributed by atoms with Gasteiger partial charge in [0.05, 0.1) is 29.8 Å². The number of amides is 1. The van der Waals surface area contributed by atoms with E-state index >= 15 is 0 Å². The van der Waals surface area contributed by atoms with Crippen LogP contribution in [-0.4, -0.2) is 35.9 Å². The minimum atomic E-state index is -0.505. The van der Waals surface area contributed by atoms with Gasteiger partial charge in [-0.2, -0.15) is 0 Å². The normalized spacial score (nSPS) is 12.1. The molecule has 2 aromatic carbocycles. The van der Waals surface area contributed by atoms with E-state index in [1.807, 2.05) is 18.9 Å². The fourth-order valence-corrected chi connectivity index (χ4v) is 2.77. The summed E-state index contributed by atoms with van der Waals surface area (Å²) in [6.45, 7) is 6.75. The molecule has 0 fully saturated rings. The second kappa shape index (κ2) is 9.32. The molecule has 1 N–H and O–H groups in total. The number of non-ortho nitro benzene ring substituents is 1. The predicted molar refractivity (Wildman–Crippen MR) is 110 cm³/mol. The number of methoxy groups -OCH3 is 1. The smallest absolute Gasteiger partial charge is 0.273 e. The van der Waals surface area contributed by atoms with Crippen LogP contribution in [0.2, 0.25) is 0 Å². The van der Waals surface area contributed by atoms with Gasteiger partial charge in [0, 0.05) is 12.6 Å². The molecule has 7 heteroatoms. The highest BCUT2D eigenvalue weighted by atomic mass is 16.6. The van der Waals surface area contributed by atoms with Gasteiger partial charge in [-0.3, -0.25) is 19.8 Å². The van der Waals surface area contributed by atoms with E-state index in [2.05, 4.69) is 43.4 Å². The molecule has 0 aromatic heterocycles. The Morgan fingerprint density at radius 3 is 2.36 bits per heavy atom. The molecule has 0 aliphatic rings. The lowest BCUT2D eigenvalue weighted by atomic mass is 10.0. The van der Waals surface area contributed by atoms with Crippen molar-refractivity contribution in [2.45, 2.75) is 39.3 Å². The van der Waals surface area contributed by atoms with Gasteiger partial charge in [0.25, 0.3) is 5.69 Å². The molecule has 0 spiro atoms. The van der Waals surface area contributed by atoms with Crippen molar-refractivity contribution in [1.29, 1.82) is 0 Å². The number of nitrogens with one attached hydrogen (secondary N) is 1. The van der Waals surface area contributed by atoms with Crippen molar-refractivity contribution in [3.05, 3.63) is 63.7 Å². The minimum absolute atomic E-state index is 0.0927. The van der Waals surface area contributed by atoms with Crippen LogP contribution in [0.25, 0.3) is 0 Å². The first kappa shape index (κ1) is 21.4. The van der Waals surface area contributed by atoms with Gasteiger partial charge in [0.15, 0.2) is 0 Å². The van der Waals surface area contributed by atoms with Crippen LogP contribution in [0.3, 0.4) is 0 Å². The highest BCUT2D eigenvalue weighted by molar-refractivity contribution is 5.96. The van der Waals surface area contributed by atoms with Crippen molar-refractivity contribution in [2.75, 3.05) is 19.5 Å². The third-order valence-electron chi connectivity index (χ3n) is 4.77. The lowest BCUT2D eigenvalue weighted by molar-refractivity contribution is -0.384. The average molecular weight is 385 g/mol. The molecule has 150 valence electrons. The number of hydrogen-bond acceptors (Lipinski definition) is 5. The molecule has 0 saturated carbocycles. The number of hydrogen-bond donors (Lipinski definition) is 1. The lowest BCUT2D eigenvalue weighted by Gasteiger charge is -2.24. The van der Waals surface area contributed by atoms with E-state index in [0.29, 0.717) is 18.2 Å². The maximum absolute atomic E-state index is 12.6. The Balaban J connectivity index is 2.04. The molecule has 1 amide bonds. The Kier molecular flexibility index (Phi) is 7.12. The fraction of sp³-hybridized carbons (Fsp3) is 0.381. The van der Waals surface area contributed by atoms with Crippen molar-refractivity contribution < 1.29 is 14.5 Å². The first-order chi connectivity index (χ1) is 13.2. The van der Waals surface area contributed by atoms with Crippen LogP contribution >= 0.6 is 0 Å². The zero-order chi connectivity index (χ0) is 20.8. The quantitative estimate of drug-likeness (QED) is 0.544. The summed E-state index contributed by atoms with van der Waals surface area (Å²) in [7, 11) is 3.29. The third-order valence-corrected chi connectivity index (χ3v) is 4.77. The SMILES string of the molecule is COc1cc([N+](=O)[O-])ccc1NC(=O)[C@H](C)N(C)Cc1ccc(C(C)C)cc1. The van der Waals surface area contributed by atoms with Crippen LogP contribution in [-0.2, 0) is 11.3 Å². The van der Waals surface area contributed by atoms with E-state index in [-0.39, 0.29) is 17.3 Å². The zero-order valence-electron chi connectivity index (χ0n) is 16.9. The summed E-state index contributed by atoms with van der Waals surface area (Å²) in [6, 6.07) is 12.1. The number of likely N-dealkylation sites (N-methyl/N-ethyl adjacent to an activating group) is 1. The van der Waals surface area contributed by atoms with Crippen LogP contribution in [0.1, 0.15) is 37.8 Å². The number of anilines is 1. The predicted octanol–water partition coefficient (Wildman–Crippen LogP) is 4.19. The van der Waals surface area contributed by atoms with Crippen LogP contribution in [0.4, 0.5) is 11.4 Å². The monoisotopic (exact) mass is 385 g/mol. The molecule has 0 heterocycles. The van der Waals surface area contributed by atoms with Gasteiger partial charge in [0.2, 0.25) is 5.91 Å². The maximum Gasteiger partial charge on any atom is 0.273 e. The standard InChI is InChI=1S/C21H27N3O4/c1-14(2)17-8-6-16(7-9-17)13-23(4)15(3)21(25)22-19-11-10-18(24(26)27)12-20(19)28-5/h6-12,14-15H,13H2,1-5H3,(H,22,25)/t15-/m0/s1. The van der Waals surface area contributed by atoms with E-state index < -0.39 is 11.0 Å². The molecular weight excluding hydrogens is 358 g/mol. The second-order valence-electron chi connectivity index (χ2n) is 7.12. The summed E-state index contributed by atoms with van der Waals surface area (Å²) >= 11 is 0. The van der Waals surface area contributed by atoms with Crippen LogP contribution < -0.4 is 10.1 Å². The molecule has 2 rings (SSSR count).